The lowest BCUT2D eigenvalue weighted by molar-refractivity contribution is -0.137. The summed E-state index contributed by atoms with van der Waals surface area (Å²) in [7, 11) is 0. The van der Waals surface area contributed by atoms with E-state index in [1.54, 1.807) is 13.8 Å². The molecule has 0 aliphatic heterocycles. The summed E-state index contributed by atoms with van der Waals surface area (Å²) in [5, 5.41) is 1.99. The van der Waals surface area contributed by atoms with Gasteiger partial charge in [-0.2, -0.15) is 13.2 Å². The molecule has 140 valence electrons. The van der Waals surface area contributed by atoms with Crippen molar-refractivity contribution in [2.75, 3.05) is 5.32 Å². The van der Waals surface area contributed by atoms with Gasteiger partial charge in [0.1, 0.15) is 0 Å². The molecule has 0 bridgehead atoms. The Labute approximate surface area is 156 Å². The molecule has 1 aromatic heterocycles. The number of aromatic nitrogens is 2. The minimum atomic E-state index is -4.55. The summed E-state index contributed by atoms with van der Waals surface area (Å²) in [6.45, 7) is 3.38. The number of nitrogens with zero attached hydrogens (tertiary/aromatic N) is 1. The molecular formula is C16H15ClF3N3O2S. The van der Waals surface area contributed by atoms with E-state index in [0.717, 1.165) is 30.0 Å². The molecule has 0 aliphatic carbocycles. The fraction of sp³-hybridized carbons (Fsp3) is 0.312. The van der Waals surface area contributed by atoms with Crippen LogP contribution in [-0.4, -0.2) is 21.1 Å². The van der Waals surface area contributed by atoms with Crippen LogP contribution in [0, 0.1) is 6.92 Å². The average molecular weight is 406 g/mol. The normalized spacial score (nSPS) is 12.7. The van der Waals surface area contributed by atoms with Crippen molar-refractivity contribution in [1.82, 2.24) is 9.97 Å². The number of anilines is 1. The highest BCUT2D eigenvalue weighted by Gasteiger charge is 2.31. The van der Waals surface area contributed by atoms with E-state index in [9.17, 15) is 22.8 Å². The molecule has 1 unspecified atom stereocenters. The molecule has 1 amide bonds. The summed E-state index contributed by atoms with van der Waals surface area (Å²) < 4.78 is 38.5. The molecule has 0 fully saturated rings. The molecule has 10 heteroatoms. The van der Waals surface area contributed by atoms with Gasteiger partial charge in [-0.1, -0.05) is 30.3 Å². The number of H-pyrrole nitrogens is 1. The maximum atomic E-state index is 12.8. The van der Waals surface area contributed by atoms with Gasteiger partial charge in [0.25, 0.3) is 5.56 Å². The lowest BCUT2D eigenvalue weighted by Crippen LogP contribution is -2.25. The van der Waals surface area contributed by atoms with Crippen molar-refractivity contribution in [2.45, 2.75) is 36.9 Å². The number of carbonyl (C=O) groups excluding carboxylic acids is 1. The average Bonchev–Trinajstić information content (AvgIpc) is 2.52. The van der Waals surface area contributed by atoms with E-state index in [2.05, 4.69) is 15.3 Å². The van der Waals surface area contributed by atoms with Crippen LogP contribution in [0.25, 0.3) is 0 Å². The first-order valence-corrected chi connectivity index (χ1v) is 8.78. The van der Waals surface area contributed by atoms with Crippen molar-refractivity contribution >= 4 is 35.0 Å². The highest BCUT2D eigenvalue weighted by Crippen LogP contribution is 2.34. The second kappa shape index (κ2) is 8.13. The molecule has 2 rings (SSSR count). The Morgan fingerprint density at radius 2 is 2.08 bits per heavy atom. The van der Waals surface area contributed by atoms with Gasteiger partial charge in [-0.15, -0.1) is 0 Å². The van der Waals surface area contributed by atoms with Crippen LogP contribution in [0.1, 0.15) is 24.6 Å². The van der Waals surface area contributed by atoms with Gasteiger partial charge < -0.3 is 10.3 Å². The van der Waals surface area contributed by atoms with E-state index in [-0.39, 0.29) is 21.4 Å². The zero-order valence-electron chi connectivity index (χ0n) is 13.8. The summed E-state index contributed by atoms with van der Waals surface area (Å²) in [6, 6.07) is 4.01. The third-order valence-electron chi connectivity index (χ3n) is 3.32. The number of thioether (sulfide) groups is 1. The Morgan fingerprint density at radius 3 is 2.65 bits per heavy atom. The van der Waals surface area contributed by atoms with Gasteiger partial charge in [0.05, 0.1) is 21.5 Å². The Balaban J connectivity index is 2.20. The Bertz CT molecular complexity index is 871. The molecule has 2 N–H and O–H groups in total. The van der Waals surface area contributed by atoms with Crippen molar-refractivity contribution < 1.29 is 18.0 Å². The van der Waals surface area contributed by atoms with Gasteiger partial charge >= 0.3 is 6.18 Å². The van der Waals surface area contributed by atoms with Crippen LogP contribution in [0.4, 0.5) is 18.9 Å². The smallest absolute Gasteiger partial charge is 0.324 e. The molecule has 0 saturated carbocycles. The molecular weight excluding hydrogens is 391 g/mol. The van der Waals surface area contributed by atoms with Gasteiger partial charge in [0.15, 0.2) is 5.16 Å². The van der Waals surface area contributed by atoms with Gasteiger partial charge in [-0.25, -0.2) is 4.98 Å². The number of carbonyl (C=O) groups is 1. The standard InChI is InChI=1S/C16H15ClF3N3O2S/c1-3-12(26-15-21-8(2)6-13(24)23-15)14(25)22-11-7-9(16(18,19)20)4-5-10(11)17/h4-7,12H,3H2,1-2H3,(H,22,25)(H,21,23,24). The first-order valence-electron chi connectivity index (χ1n) is 7.52. The van der Waals surface area contributed by atoms with Crippen molar-refractivity contribution in [2.24, 2.45) is 0 Å². The third kappa shape index (κ3) is 5.25. The fourth-order valence-corrected chi connectivity index (χ4v) is 3.20. The minimum Gasteiger partial charge on any atom is -0.324 e. The maximum absolute atomic E-state index is 12.8. The van der Waals surface area contributed by atoms with E-state index in [0.29, 0.717) is 12.1 Å². The summed E-state index contributed by atoms with van der Waals surface area (Å²) >= 11 is 6.91. The summed E-state index contributed by atoms with van der Waals surface area (Å²) in [4.78, 5) is 30.6. The lowest BCUT2D eigenvalue weighted by atomic mass is 10.2. The van der Waals surface area contributed by atoms with Crippen molar-refractivity contribution in [3.8, 4) is 0 Å². The first-order chi connectivity index (χ1) is 12.1. The highest BCUT2D eigenvalue weighted by molar-refractivity contribution is 8.00. The van der Waals surface area contributed by atoms with Crippen molar-refractivity contribution in [1.29, 1.82) is 0 Å². The van der Waals surface area contributed by atoms with E-state index < -0.39 is 22.9 Å². The molecule has 5 nitrogen and oxygen atoms in total. The molecule has 0 radical (unpaired) electrons. The predicted molar refractivity (Wildman–Crippen MR) is 94.6 cm³/mol. The summed E-state index contributed by atoms with van der Waals surface area (Å²) in [6.07, 6.45) is -4.18. The number of benzene rings is 1. The number of nitrogens with one attached hydrogen (secondary N) is 2. The Hall–Kier alpha value is -2.00. The minimum absolute atomic E-state index is 0.00621. The van der Waals surface area contributed by atoms with E-state index in [4.69, 9.17) is 11.6 Å². The van der Waals surface area contributed by atoms with E-state index in [1.807, 2.05) is 0 Å². The van der Waals surface area contributed by atoms with Gasteiger partial charge in [-0.05, 0) is 31.5 Å². The number of hydrogen-bond donors (Lipinski definition) is 2. The Morgan fingerprint density at radius 1 is 1.38 bits per heavy atom. The van der Waals surface area contributed by atoms with Gasteiger partial charge in [-0.3, -0.25) is 9.59 Å². The second-order valence-electron chi connectivity index (χ2n) is 5.39. The van der Waals surface area contributed by atoms with Crippen LogP contribution in [0.3, 0.4) is 0 Å². The van der Waals surface area contributed by atoms with Crippen LogP contribution < -0.4 is 10.9 Å². The molecule has 26 heavy (non-hydrogen) atoms. The molecule has 0 aliphatic rings. The maximum Gasteiger partial charge on any atom is 0.416 e. The quantitative estimate of drug-likeness (QED) is 0.575. The monoisotopic (exact) mass is 405 g/mol. The van der Waals surface area contributed by atoms with Gasteiger partial charge in [0, 0.05) is 11.8 Å². The number of alkyl halides is 3. The predicted octanol–water partition coefficient (Wildman–Crippen LogP) is 4.26. The third-order valence-corrected chi connectivity index (χ3v) is 4.89. The van der Waals surface area contributed by atoms with Gasteiger partial charge in [0.2, 0.25) is 5.91 Å². The fourth-order valence-electron chi connectivity index (χ4n) is 2.08. The number of rotatable bonds is 5. The number of aryl methyl sites for hydroxylation is 1. The molecule has 1 atom stereocenters. The van der Waals surface area contributed by atoms with Crippen molar-refractivity contribution in [3.63, 3.8) is 0 Å². The van der Waals surface area contributed by atoms with Crippen LogP contribution >= 0.6 is 23.4 Å². The van der Waals surface area contributed by atoms with Crippen LogP contribution in [0.15, 0.2) is 34.2 Å². The molecule has 1 aromatic carbocycles. The van der Waals surface area contributed by atoms with E-state index >= 15 is 0 Å². The first kappa shape index (κ1) is 20.3. The Kier molecular flexibility index (Phi) is 6.35. The summed E-state index contributed by atoms with van der Waals surface area (Å²) in [5.74, 6) is -0.539. The lowest BCUT2D eigenvalue weighted by Gasteiger charge is -2.16. The van der Waals surface area contributed by atoms with Crippen LogP contribution in [0.5, 0.6) is 0 Å². The highest BCUT2D eigenvalue weighted by atomic mass is 35.5. The van der Waals surface area contributed by atoms with Crippen LogP contribution in [0.2, 0.25) is 5.02 Å². The number of hydrogen-bond acceptors (Lipinski definition) is 4. The number of amides is 1. The molecule has 2 aromatic rings. The second-order valence-corrected chi connectivity index (χ2v) is 6.99. The topological polar surface area (TPSA) is 74.8 Å². The SMILES string of the molecule is CCC(Sc1nc(C)cc(=O)[nH]1)C(=O)Nc1cc(C(F)(F)F)ccc1Cl. The van der Waals surface area contributed by atoms with E-state index in [1.165, 1.54) is 6.07 Å². The zero-order valence-corrected chi connectivity index (χ0v) is 15.4. The summed E-state index contributed by atoms with van der Waals surface area (Å²) in [5.41, 5.74) is -0.901. The largest absolute Gasteiger partial charge is 0.416 e. The van der Waals surface area contributed by atoms with Crippen molar-refractivity contribution in [3.05, 3.63) is 50.9 Å². The molecule has 0 spiro atoms. The molecule has 1 heterocycles. The van der Waals surface area contributed by atoms with Crippen LogP contribution in [-0.2, 0) is 11.0 Å². The number of halogens is 4. The zero-order chi connectivity index (χ0) is 19.5. The molecule has 0 saturated heterocycles. The number of aromatic amines is 1.